The molecule has 0 fully saturated rings. The van der Waals surface area contributed by atoms with E-state index >= 15 is 0 Å². The van der Waals surface area contributed by atoms with Crippen molar-refractivity contribution in [2.24, 2.45) is 0 Å². The SMILES string of the molecule is CCN(CCO)Cc1ccc(-c2ccccc2[N+](=O)[O-])s1. The average Bonchev–Trinajstić information content (AvgIpc) is 2.95. The Morgan fingerprint density at radius 1 is 1.29 bits per heavy atom. The molecule has 0 bridgehead atoms. The minimum absolute atomic E-state index is 0.133. The number of para-hydroxylation sites is 1. The molecule has 1 aromatic carbocycles. The second-order valence-corrected chi connectivity index (χ2v) is 5.80. The van der Waals surface area contributed by atoms with Gasteiger partial charge in [0, 0.05) is 28.9 Å². The van der Waals surface area contributed by atoms with Gasteiger partial charge in [0.2, 0.25) is 0 Å². The van der Waals surface area contributed by atoms with Crippen molar-refractivity contribution in [1.82, 2.24) is 4.90 Å². The maximum absolute atomic E-state index is 11.1. The quantitative estimate of drug-likeness (QED) is 0.630. The predicted octanol–water partition coefficient (Wildman–Crippen LogP) is 3.14. The summed E-state index contributed by atoms with van der Waals surface area (Å²) >= 11 is 1.56. The third-order valence-electron chi connectivity index (χ3n) is 3.27. The monoisotopic (exact) mass is 306 g/mol. The van der Waals surface area contributed by atoms with Crippen molar-refractivity contribution in [1.29, 1.82) is 0 Å². The van der Waals surface area contributed by atoms with E-state index in [9.17, 15) is 10.1 Å². The van der Waals surface area contributed by atoms with Crippen LogP contribution < -0.4 is 0 Å². The Balaban J connectivity index is 2.22. The average molecular weight is 306 g/mol. The van der Waals surface area contributed by atoms with Crippen molar-refractivity contribution in [3.8, 4) is 10.4 Å². The van der Waals surface area contributed by atoms with E-state index in [4.69, 9.17) is 5.11 Å². The van der Waals surface area contributed by atoms with Crippen molar-refractivity contribution in [3.63, 3.8) is 0 Å². The number of nitro groups is 1. The number of likely N-dealkylation sites (N-methyl/N-ethyl adjacent to an activating group) is 1. The van der Waals surface area contributed by atoms with Crippen LogP contribution in [-0.4, -0.2) is 34.6 Å². The van der Waals surface area contributed by atoms with E-state index in [0.717, 1.165) is 22.8 Å². The fraction of sp³-hybridized carbons (Fsp3) is 0.333. The largest absolute Gasteiger partial charge is 0.395 e. The molecule has 112 valence electrons. The van der Waals surface area contributed by atoms with E-state index in [0.29, 0.717) is 12.1 Å². The Morgan fingerprint density at radius 3 is 2.71 bits per heavy atom. The van der Waals surface area contributed by atoms with Crippen molar-refractivity contribution in [2.75, 3.05) is 19.7 Å². The van der Waals surface area contributed by atoms with Crippen LogP contribution in [-0.2, 0) is 6.54 Å². The highest BCUT2D eigenvalue weighted by Gasteiger charge is 2.16. The van der Waals surface area contributed by atoms with Gasteiger partial charge in [-0.25, -0.2) is 0 Å². The molecular formula is C15H18N2O3S. The number of hydrogen-bond donors (Lipinski definition) is 1. The normalized spacial score (nSPS) is 11.0. The van der Waals surface area contributed by atoms with Crippen LogP contribution in [0.25, 0.3) is 10.4 Å². The second-order valence-electron chi connectivity index (χ2n) is 4.63. The first-order chi connectivity index (χ1) is 10.2. The Bertz CT molecular complexity index is 612. The van der Waals surface area contributed by atoms with Gasteiger partial charge in [0.25, 0.3) is 5.69 Å². The molecule has 0 radical (unpaired) electrons. The van der Waals surface area contributed by atoms with E-state index < -0.39 is 0 Å². The summed E-state index contributed by atoms with van der Waals surface area (Å²) in [5.74, 6) is 0. The van der Waals surface area contributed by atoms with Crippen LogP contribution in [0.4, 0.5) is 5.69 Å². The van der Waals surface area contributed by atoms with Gasteiger partial charge in [0.1, 0.15) is 0 Å². The van der Waals surface area contributed by atoms with Crippen LogP contribution in [0, 0.1) is 10.1 Å². The van der Waals surface area contributed by atoms with Crippen molar-refractivity contribution >= 4 is 17.0 Å². The summed E-state index contributed by atoms with van der Waals surface area (Å²) in [6.07, 6.45) is 0. The van der Waals surface area contributed by atoms with E-state index in [1.54, 1.807) is 23.5 Å². The van der Waals surface area contributed by atoms with Gasteiger partial charge >= 0.3 is 0 Å². The smallest absolute Gasteiger partial charge is 0.278 e. The lowest BCUT2D eigenvalue weighted by Gasteiger charge is -2.17. The highest BCUT2D eigenvalue weighted by molar-refractivity contribution is 7.15. The molecule has 6 heteroatoms. The van der Waals surface area contributed by atoms with Gasteiger partial charge < -0.3 is 5.11 Å². The third-order valence-corrected chi connectivity index (χ3v) is 4.37. The maximum atomic E-state index is 11.1. The first-order valence-corrected chi connectivity index (χ1v) is 7.63. The van der Waals surface area contributed by atoms with E-state index in [1.807, 2.05) is 25.1 Å². The lowest BCUT2D eigenvalue weighted by atomic mass is 10.1. The molecule has 0 spiro atoms. The third kappa shape index (κ3) is 3.87. The molecule has 0 saturated carbocycles. The molecular weight excluding hydrogens is 288 g/mol. The summed E-state index contributed by atoms with van der Waals surface area (Å²) in [4.78, 5) is 14.9. The second kappa shape index (κ2) is 7.31. The fourth-order valence-electron chi connectivity index (χ4n) is 2.16. The van der Waals surface area contributed by atoms with Gasteiger partial charge in [-0.2, -0.15) is 0 Å². The zero-order chi connectivity index (χ0) is 15.2. The topological polar surface area (TPSA) is 66.6 Å². The van der Waals surface area contributed by atoms with Crippen LogP contribution in [0.3, 0.4) is 0 Å². The van der Waals surface area contributed by atoms with Gasteiger partial charge in [0.15, 0.2) is 0 Å². The summed E-state index contributed by atoms with van der Waals surface area (Å²) in [7, 11) is 0. The molecule has 21 heavy (non-hydrogen) atoms. The Kier molecular flexibility index (Phi) is 5.44. The highest BCUT2D eigenvalue weighted by atomic mass is 32.1. The summed E-state index contributed by atoms with van der Waals surface area (Å²) in [5.41, 5.74) is 0.789. The molecule has 0 aliphatic heterocycles. The minimum atomic E-state index is -0.348. The van der Waals surface area contributed by atoms with Gasteiger partial charge in [0.05, 0.1) is 17.1 Å². The lowest BCUT2D eigenvalue weighted by molar-refractivity contribution is -0.384. The van der Waals surface area contributed by atoms with Crippen LogP contribution in [0.15, 0.2) is 36.4 Å². The molecule has 0 aliphatic carbocycles. The molecule has 1 N–H and O–H groups in total. The number of hydrogen-bond acceptors (Lipinski definition) is 5. The van der Waals surface area contributed by atoms with Gasteiger partial charge in [-0.15, -0.1) is 11.3 Å². The molecule has 0 aliphatic rings. The van der Waals surface area contributed by atoms with Crippen LogP contribution >= 0.6 is 11.3 Å². The Labute approximate surface area is 127 Å². The van der Waals surface area contributed by atoms with Crippen molar-refractivity contribution in [2.45, 2.75) is 13.5 Å². The number of aliphatic hydroxyl groups excluding tert-OH is 1. The Hall–Kier alpha value is -1.76. The molecule has 0 saturated heterocycles. The van der Waals surface area contributed by atoms with E-state index in [1.165, 1.54) is 6.07 Å². The molecule has 1 aromatic heterocycles. The molecule has 2 aromatic rings. The molecule has 5 nitrogen and oxygen atoms in total. The van der Waals surface area contributed by atoms with Gasteiger partial charge in [-0.1, -0.05) is 19.1 Å². The predicted molar refractivity (Wildman–Crippen MR) is 84.4 cm³/mol. The Morgan fingerprint density at radius 2 is 2.05 bits per heavy atom. The fourth-order valence-corrected chi connectivity index (χ4v) is 3.24. The van der Waals surface area contributed by atoms with E-state index in [2.05, 4.69) is 4.90 Å². The molecule has 1 heterocycles. The zero-order valence-corrected chi connectivity index (χ0v) is 12.7. The number of rotatable bonds is 7. The number of benzene rings is 1. The zero-order valence-electron chi connectivity index (χ0n) is 11.9. The maximum Gasteiger partial charge on any atom is 0.278 e. The van der Waals surface area contributed by atoms with Crippen LogP contribution in [0.5, 0.6) is 0 Å². The summed E-state index contributed by atoms with van der Waals surface area (Å²) < 4.78 is 0. The van der Waals surface area contributed by atoms with Gasteiger partial charge in [-0.05, 0) is 24.7 Å². The number of nitro benzene ring substituents is 1. The molecule has 0 unspecified atom stereocenters. The number of nitrogens with zero attached hydrogens (tertiary/aromatic N) is 2. The molecule has 0 amide bonds. The summed E-state index contributed by atoms with van der Waals surface area (Å²) in [6.45, 7) is 4.43. The highest BCUT2D eigenvalue weighted by Crippen LogP contribution is 2.34. The minimum Gasteiger partial charge on any atom is -0.395 e. The summed E-state index contributed by atoms with van der Waals surface area (Å²) in [5, 5.41) is 20.1. The van der Waals surface area contributed by atoms with Crippen LogP contribution in [0.1, 0.15) is 11.8 Å². The molecule has 2 rings (SSSR count). The van der Waals surface area contributed by atoms with Gasteiger partial charge in [-0.3, -0.25) is 15.0 Å². The number of aliphatic hydroxyl groups is 1. The first kappa shape index (κ1) is 15.6. The molecule has 0 atom stereocenters. The van der Waals surface area contributed by atoms with Crippen LogP contribution in [0.2, 0.25) is 0 Å². The standard InChI is InChI=1S/C15H18N2O3S/c1-2-16(9-10-18)11-12-7-8-15(21-12)13-5-3-4-6-14(13)17(19)20/h3-8,18H,2,9-11H2,1H3. The van der Waals surface area contributed by atoms with E-state index in [-0.39, 0.29) is 17.2 Å². The summed E-state index contributed by atoms with van der Waals surface area (Å²) in [6, 6.07) is 10.7. The van der Waals surface area contributed by atoms with Crippen molar-refractivity contribution < 1.29 is 10.0 Å². The first-order valence-electron chi connectivity index (χ1n) is 6.81. The van der Waals surface area contributed by atoms with Crippen molar-refractivity contribution in [3.05, 3.63) is 51.4 Å². The lowest BCUT2D eigenvalue weighted by Crippen LogP contribution is -2.25. The number of thiophene rings is 1.